The van der Waals surface area contributed by atoms with E-state index in [9.17, 15) is 9.59 Å². The van der Waals surface area contributed by atoms with Crippen LogP contribution in [0.25, 0.3) is 11.1 Å². The maximum atomic E-state index is 12.4. The van der Waals surface area contributed by atoms with Crippen LogP contribution in [0.1, 0.15) is 48.1 Å². The van der Waals surface area contributed by atoms with Gasteiger partial charge in [-0.1, -0.05) is 12.1 Å². The summed E-state index contributed by atoms with van der Waals surface area (Å²) < 4.78 is 4.71. The smallest absolute Gasteiger partial charge is 0.356 e. The highest BCUT2D eigenvalue weighted by molar-refractivity contribution is 5.94. The van der Waals surface area contributed by atoms with E-state index in [4.69, 9.17) is 10.00 Å². The number of ether oxygens (including phenoxy) is 1. The van der Waals surface area contributed by atoms with E-state index in [0.29, 0.717) is 12.2 Å². The van der Waals surface area contributed by atoms with Crippen LogP contribution in [0.2, 0.25) is 0 Å². The third-order valence-corrected chi connectivity index (χ3v) is 5.60. The molecule has 1 aliphatic heterocycles. The van der Waals surface area contributed by atoms with Crippen LogP contribution < -0.4 is 10.2 Å². The molecule has 0 bridgehead atoms. The maximum absolute atomic E-state index is 12.4. The first kappa shape index (κ1) is 21.9. The van der Waals surface area contributed by atoms with E-state index in [1.807, 2.05) is 37.3 Å². The van der Waals surface area contributed by atoms with Gasteiger partial charge in [-0.3, -0.25) is 4.79 Å². The molecule has 4 rings (SSSR count). The summed E-state index contributed by atoms with van der Waals surface area (Å²) in [5.74, 6) is 0.0195. The number of hydrogen-bond donors (Lipinski definition) is 1. The summed E-state index contributed by atoms with van der Waals surface area (Å²) in [6.07, 6.45) is 5.23. The summed E-state index contributed by atoms with van der Waals surface area (Å²) in [4.78, 5) is 38.4. The van der Waals surface area contributed by atoms with Gasteiger partial charge in [0.15, 0.2) is 5.69 Å². The average molecular weight is 442 g/mol. The van der Waals surface area contributed by atoms with E-state index in [1.54, 1.807) is 24.1 Å². The molecule has 33 heavy (non-hydrogen) atoms. The number of pyridine rings is 1. The molecule has 1 amide bonds. The molecule has 1 aromatic carbocycles. The number of hydrogen-bond acceptors (Lipinski definition) is 8. The Hall–Kier alpha value is -4.32. The Bertz CT molecular complexity index is 1230. The fourth-order valence-corrected chi connectivity index (χ4v) is 4.09. The SMILES string of the molecule is COC(=O)c1ccc(-c2ccc3c(c2)[C@H](Nc2cnc(C#N)cn2)C[C@H](C)N3C(C)=O)cn1. The summed E-state index contributed by atoms with van der Waals surface area (Å²) in [6.45, 7) is 3.57. The number of benzene rings is 1. The van der Waals surface area contributed by atoms with Gasteiger partial charge in [-0.2, -0.15) is 5.26 Å². The molecule has 0 saturated carbocycles. The van der Waals surface area contributed by atoms with Gasteiger partial charge < -0.3 is 15.0 Å². The number of anilines is 2. The van der Waals surface area contributed by atoms with Gasteiger partial charge in [0.2, 0.25) is 5.91 Å². The molecule has 0 unspecified atom stereocenters. The number of nitrogens with zero attached hydrogens (tertiary/aromatic N) is 5. The topological polar surface area (TPSA) is 121 Å². The van der Waals surface area contributed by atoms with Crippen molar-refractivity contribution in [3.05, 3.63) is 65.9 Å². The van der Waals surface area contributed by atoms with E-state index in [1.165, 1.54) is 19.5 Å². The van der Waals surface area contributed by atoms with Crippen molar-refractivity contribution in [2.75, 3.05) is 17.3 Å². The Morgan fingerprint density at radius 3 is 2.52 bits per heavy atom. The molecular formula is C24H22N6O3. The monoisotopic (exact) mass is 442 g/mol. The molecule has 2 atom stereocenters. The number of carbonyl (C=O) groups excluding carboxylic acids is 2. The molecule has 0 fully saturated rings. The van der Waals surface area contributed by atoms with Crippen molar-refractivity contribution in [2.45, 2.75) is 32.4 Å². The molecule has 9 heteroatoms. The van der Waals surface area contributed by atoms with E-state index in [-0.39, 0.29) is 29.4 Å². The largest absolute Gasteiger partial charge is 0.464 e. The molecule has 3 aromatic rings. The van der Waals surface area contributed by atoms with Crippen molar-refractivity contribution >= 4 is 23.4 Å². The van der Waals surface area contributed by atoms with Crippen LogP contribution in [0.15, 0.2) is 48.9 Å². The summed E-state index contributed by atoms with van der Waals surface area (Å²) in [6, 6.07) is 11.1. The van der Waals surface area contributed by atoms with Gasteiger partial charge >= 0.3 is 5.97 Å². The van der Waals surface area contributed by atoms with E-state index < -0.39 is 5.97 Å². The number of methoxy groups -OCH3 is 1. The lowest BCUT2D eigenvalue weighted by Crippen LogP contribution is -2.43. The van der Waals surface area contributed by atoms with Gasteiger partial charge in [-0.25, -0.2) is 19.7 Å². The van der Waals surface area contributed by atoms with Crippen molar-refractivity contribution in [3.63, 3.8) is 0 Å². The van der Waals surface area contributed by atoms with E-state index in [0.717, 1.165) is 22.4 Å². The zero-order valence-electron chi connectivity index (χ0n) is 18.4. The van der Waals surface area contributed by atoms with Crippen LogP contribution in [0.4, 0.5) is 11.5 Å². The van der Waals surface area contributed by atoms with Gasteiger partial charge in [0.1, 0.15) is 17.6 Å². The van der Waals surface area contributed by atoms with Crippen molar-refractivity contribution in [1.29, 1.82) is 5.26 Å². The lowest BCUT2D eigenvalue weighted by molar-refractivity contribution is -0.117. The van der Waals surface area contributed by atoms with Crippen LogP contribution >= 0.6 is 0 Å². The Labute approximate surface area is 191 Å². The molecule has 2 aromatic heterocycles. The molecule has 1 N–H and O–H groups in total. The predicted molar refractivity (Wildman–Crippen MR) is 121 cm³/mol. The first-order valence-corrected chi connectivity index (χ1v) is 10.4. The fraction of sp³-hybridized carbons (Fsp3) is 0.250. The molecule has 3 heterocycles. The van der Waals surface area contributed by atoms with Crippen LogP contribution in [0.3, 0.4) is 0 Å². The van der Waals surface area contributed by atoms with E-state index in [2.05, 4.69) is 20.3 Å². The summed E-state index contributed by atoms with van der Waals surface area (Å²) >= 11 is 0. The van der Waals surface area contributed by atoms with Crippen LogP contribution in [-0.4, -0.2) is 40.0 Å². The lowest BCUT2D eigenvalue weighted by Gasteiger charge is -2.39. The van der Waals surface area contributed by atoms with Crippen molar-refractivity contribution < 1.29 is 14.3 Å². The number of rotatable bonds is 4. The molecule has 0 spiro atoms. The Morgan fingerprint density at radius 1 is 1.12 bits per heavy atom. The molecular weight excluding hydrogens is 420 g/mol. The molecule has 0 radical (unpaired) electrons. The number of amides is 1. The van der Waals surface area contributed by atoms with Gasteiger partial charge in [0.25, 0.3) is 0 Å². The fourth-order valence-electron chi connectivity index (χ4n) is 4.09. The van der Waals surface area contributed by atoms with E-state index >= 15 is 0 Å². The number of nitrogens with one attached hydrogen (secondary N) is 1. The minimum absolute atomic E-state index is 0.0225. The molecule has 1 aliphatic rings. The highest BCUT2D eigenvalue weighted by atomic mass is 16.5. The second-order valence-corrected chi connectivity index (χ2v) is 7.77. The number of aromatic nitrogens is 3. The normalized spacial score (nSPS) is 17.0. The van der Waals surface area contributed by atoms with Crippen molar-refractivity contribution in [1.82, 2.24) is 15.0 Å². The van der Waals surface area contributed by atoms with Gasteiger partial charge in [-0.15, -0.1) is 0 Å². The lowest BCUT2D eigenvalue weighted by atomic mass is 9.89. The zero-order valence-corrected chi connectivity index (χ0v) is 18.4. The quantitative estimate of drug-likeness (QED) is 0.610. The van der Waals surface area contributed by atoms with Crippen molar-refractivity contribution in [3.8, 4) is 17.2 Å². The number of nitriles is 1. The van der Waals surface area contributed by atoms with Crippen molar-refractivity contribution in [2.24, 2.45) is 0 Å². The van der Waals surface area contributed by atoms with Gasteiger partial charge in [-0.05, 0) is 42.7 Å². The summed E-state index contributed by atoms with van der Waals surface area (Å²) in [5.41, 5.74) is 3.96. The second-order valence-electron chi connectivity index (χ2n) is 7.77. The highest BCUT2D eigenvalue weighted by Gasteiger charge is 2.33. The average Bonchev–Trinajstić information content (AvgIpc) is 2.83. The molecule has 9 nitrogen and oxygen atoms in total. The molecule has 0 saturated heterocycles. The number of esters is 1. The van der Waals surface area contributed by atoms with Crippen LogP contribution in [-0.2, 0) is 9.53 Å². The molecule has 0 aliphatic carbocycles. The third kappa shape index (κ3) is 4.36. The standard InChI is InChI=1S/C24H22N6O3/c1-14-8-21(29-23-13-26-18(10-25)12-28-23)19-9-16(5-7-22(19)30(14)15(2)31)17-4-6-20(27-11-17)24(32)33-3/h4-7,9,11-14,21H,8H2,1-3H3,(H,28,29)/t14-,21+/m0/s1. The second kappa shape index (κ2) is 9.04. The Balaban J connectivity index is 1.72. The van der Waals surface area contributed by atoms with Gasteiger partial charge in [0.05, 0.1) is 25.5 Å². The highest BCUT2D eigenvalue weighted by Crippen LogP contribution is 2.40. The summed E-state index contributed by atoms with van der Waals surface area (Å²) in [5, 5.41) is 12.3. The summed E-state index contributed by atoms with van der Waals surface area (Å²) in [7, 11) is 1.31. The van der Waals surface area contributed by atoms with Crippen LogP contribution in [0, 0.1) is 11.3 Å². The minimum Gasteiger partial charge on any atom is -0.464 e. The first-order chi connectivity index (χ1) is 15.9. The first-order valence-electron chi connectivity index (χ1n) is 10.4. The number of fused-ring (bicyclic) bond motifs is 1. The predicted octanol–water partition coefficient (Wildman–Crippen LogP) is 3.50. The zero-order chi connectivity index (χ0) is 23.5. The Kier molecular flexibility index (Phi) is 6.00. The molecule has 166 valence electrons. The Morgan fingerprint density at radius 2 is 1.91 bits per heavy atom. The minimum atomic E-state index is -0.495. The maximum Gasteiger partial charge on any atom is 0.356 e. The van der Waals surface area contributed by atoms with Crippen LogP contribution in [0.5, 0.6) is 0 Å². The van der Waals surface area contributed by atoms with Gasteiger partial charge in [0, 0.05) is 30.4 Å². The third-order valence-electron chi connectivity index (χ3n) is 5.60. The number of carbonyl (C=O) groups is 2.